The number of amidine groups is 1. The summed E-state index contributed by atoms with van der Waals surface area (Å²) in [5.41, 5.74) is 5.44. The van der Waals surface area contributed by atoms with Crippen LogP contribution in [0.4, 0.5) is 0 Å². The summed E-state index contributed by atoms with van der Waals surface area (Å²) in [4.78, 5) is 11.5. The van der Waals surface area contributed by atoms with Crippen molar-refractivity contribution in [2.75, 3.05) is 6.54 Å². The zero-order valence-corrected chi connectivity index (χ0v) is 8.90. The molecule has 0 saturated heterocycles. The number of carbonyl (C=O) groups is 1. The van der Waals surface area contributed by atoms with Gasteiger partial charge in [0.15, 0.2) is 5.84 Å². The van der Waals surface area contributed by atoms with Gasteiger partial charge in [0, 0.05) is 5.56 Å². The lowest BCUT2D eigenvalue weighted by Gasteiger charge is -2.04. The van der Waals surface area contributed by atoms with Crippen molar-refractivity contribution in [1.82, 2.24) is 5.32 Å². The topological polar surface area (TPSA) is 108 Å². The van der Waals surface area contributed by atoms with Crippen molar-refractivity contribution in [2.24, 2.45) is 10.9 Å². The van der Waals surface area contributed by atoms with Crippen LogP contribution in [0.3, 0.4) is 0 Å². The molecule has 0 saturated carbocycles. The fourth-order valence-corrected chi connectivity index (χ4v) is 1.14. The van der Waals surface area contributed by atoms with Gasteiger partial charge in [-0.15, -0.1) is 0 Å². The number of nitrogens with two attached hydrogens (primary N) is 1. The second-order valence-corrected chi connectivity index (χ2v) is 3.35. The molecule has 1 rings (SSSR count). The molecule has 0 unspecified atom stereocenters. The van der Waals surface area contributed by atoms with Crippen LogP contribution in [0.15, 0.2) is 23.4 Å². The first-order chi connectivity index (χ1) is 7.54. The number of halogens is 1. The second kappa shape index (κ2) is 5.22. The van der Waals surface area contributed by atoms with Crippen molar-refractivity contribution < 1.29 is 15.1 Å². The maximum absolute atomic E-state index is 11.5. The van der Waals surface area contributed by atoms with E-state index in [-0.39, 0.29) is 28.7 Å². The molecule has 0 radical (unpaired) electrons. The maximum atomic E-state index is 11.5. The molecule has 0 aliphatic carbocycles. The molecule has 86 valence electrons. The first-order valence-corrected chi connectivity index (χ1v) is 4.65. The molecule has 0 aromatic heterocycles. The van der Waals surface area contributed by atoms with Crippen LogP contribution in [0.2, 0.25) is 5.02 Å². The van der Waals surface area contributed by atoms with Gasteiger partial charge in [0.25, 0.3) is 5.91 Å². The Bertz CT molecular complexity index is 434. The standard InChI is InChI=1S/C9H10ClN3O3/c10-6-3-5(1-2-7(6)14)9(15)12-4-8(11)13-16/h1-3,14,16H,4H2,(H2,11,13)(H,12,15). The van der Waals surface area contributed by atoms with Gasteiger partial charge in [0.05, 0.1) is 11.6 Å². The van der Waals surface area contributed by atoms with Crippen molar-refractivity contribution in [3.63, 3.8) is 0 Å². The van der Waals surface area contributed by atoms with Crippen molar-refractivity contribution in [2.45, 2.75) is 0 Å². The Labute approximate surface area is 96.3 Å². The summed E-state index contributed by atoms with van der Waals surface area (Å²) in [5, 5.41) is 22.6. The number of phenolic OH excluding ortho intramolecular Hbond substituents is 1. The number of benzene rings is 1. The van der Waals surface area contributed by atoms with Crippen LogP contribution in [0, 0.1) is 0 Å². The molecule has 1 aromatic rings. The molecule has 0 aliphatic rings. The Morgan fingerprint density at radius 2 is 2.25 bits per heavy atom. The average molecular weight is 244 g/mol. The molecule has 6 nitrogen and oxygen atoms in total. The third-order valence-electron chi connectivity index (χ3n) is 1.77. The van der Waals surface area contributed by atoms with E-state index in [1.807, 2.05) is 0 Å². The van der Waals surface area contributed by atoms with Gasteiger partial charge in [-0.2, -0.15) is 0 Å². The van der Waals surface area contributed by atoms with Gasteiger partial charge in [-0.05, 0) is 18.2 Å². The van der Waals surface area contributed by atoms with Gasteiger partial charge in [0.2, 0.25) is 0 Å². The minimum atomic E-state index is -0.437. The van der Waals surface area contributed by atoms with Crippen molar-refractivity contribution in [3.05, 3.63) is 28.8 Å². The van der Waals surface area contributed by atoms with E-state index < -0.39 is 5.91 Å². The van der Waals surface area contributed by atoms with E-state index in [0.717, 1.165) is 0 Å². The number of hydrogen-bond donors (Lipinski definition) is 4. The summed E-state index contributed by atoms with van der Waals surface area (Å²) in [6, 6.07) is 4.03. The summed E-state index contributed by atoms with van der Waals surface area (Å²) in [6.45, 7) is -0.0756. The Balaban J connectivity index is 2.70. The monoisotopic (exact) mass is 243 g/mol. The summed E-state index contributed by atoms with van der Waals surface area (Å²) in [7, 11) is 0. The molecule has 0 fully saturated rings. The fraction of sp³-hybridized carbons (Fsp3) is 0.111. The summed E-state index contributed by atoms with van der Waals surface area (Å²) >= 11 is 5.63. The molecule has 5 N–H and O–H groups in total. The first kappa shape index (κ1) is 12.1. The normalized spacial score (nSPS) is 11.2. The number of aromatic hydroxyl groups is 1. The Morgan fingerprint density at radius 3 is 2.81 bits per heavy atom. The highest BCUT2D eigenvalue weighted by molar-refractivity contribution is 6.32. The quantitative estimate of drug-likeness (QED) is 0.269. The predicted molar refractivity (Wildman–Crippen MR) is 58.9 cm³/mol. The van der Waals surface area contributed by atoms with Gasteiger partial charge in [-0.25, -0.2) is 0 Å². The third kappa shape index (κ3) is 3.03. The molecule has 1 aromatic carbocycles. The second-order valence-electron chi connectivity index (χ2n) is 2.94. The van der Waals surface area contributed by atoms with Crippen LogP contribution in [0.25, 0.3) is 0 Å². The molecule has 0 aliphatic heterocycles. The Hall–Kier alpha value is -1.95. The lowest BCUT2D eigenvalue weighted by atomic mass is 10.2. The van der Waals surface area contributed by atoms with Crippen LogP contribution < -0.4 is 11.1 Å². The molecule has 0 spiro atoms. The van der Waals surface area contributed by atoms with E-state index in [9.17, 15) is 4.79 Å². The number of nitrogens with zero attached hydrogens (tertiary/aromatic N) is 1. The van der Waals surface area contributed by atoms with E-state index in [4.69, 9.17) is 27.6 Å². The molecule has 0 heterocycles. The number of rotatable bonds is 3. The van der Waals surface area contributed by atoms with Crippen LogP contribution >= 0.6 is 11.6 Å². The molecule has 7 heteroatoms. The third-order valence-corrected chi connectivity index (χ3v) is 2.07. The minimum Gasteiger partial charge on any atom is -0.506 e. The van der Waals surface area contributed by atoms with Crippen LogP contribution in [0.5, 0.6) is 5.75 Å². The Kier molecular flexibility index (Phi) is 3.96. The van der Waals surface area contributed by atoms with Crippen molar-refractivity contribution in [3.8, 4) is 5.75 Å². The van der Waals surface area contributed by atoms with E-state index >= 15 is 0 Å². The van der Waals surface area contributed by atoms with E-state index in [1.165, 1.54) is 18.2 Å². The summed E-state index contributed by atoms with van der Waals surface area (Å²) in [5.74, 6) is -0.652. The maximum Gasteiger partial charge on any atom is 0.251 e. The van der Waals surface area contributed by atoms with E-state index in [1.54, 1.807) is 0 Å². The van der Waals surface area contributed by atoms with Crippen LogP contribution in [0.1, 0.15) is 10.4 Å². The molecular weight excluding hydrogens is 234 g/mol. The first-order valence-electron chi connectivity index (χ1n) is 4.27. The lowest BCUT2D eigenvalue weighted by molar-refractivity contribution is 0.0959. The molecule has 0 atom stereocenters. The van der Waals surface area contributed by atoms with E-state index in [2.05, 4.69) is 10.5 Å². The summed E-state index contributed by atoms with van der Waals surface area (Å²) < 4.78 is 0. The van der Waals surface area contributed by atoms with Gasteiger partial charge < -0.3 is 21.4 Å². The molecule has 0 bridgehead atoms. The number of phenols is 1. The van der Waals surface area contributed by atoms with Gasteiger partial charge in [-0.3, -0.25) is 4.79 Å². The molecule has 16 heavy (non-hydrogen) atoms. The van der Waals surface area contributed by atoms with Crippen LogP contribution in [-0.2, 0) is 0 Å². The predicted octanol–water partition coefficient (Wildman–Crippen LogP) is 0.522. The average Bonchev–Trinajstić information content (AvgIpc) is 2.29. The van der Waals surface area contributed by atoms with Crippen LogP contribution in [-0.4, -0.2) is 28.6 Å². The number of oxime groups is 1. The smallest absolute Gasteiger partial charge is 0.251 e. The molecule has 1 amide bonds. The van der Waals surface area contributed by atoms with Gasteiger partial charge >= 0.3 is 0 Å². The lowest BCUT2D eigenvalue weighted by Crippen LogP contribution is -2.33. The zero-order chi connectivity index (χ0) is 12.1. The number of carbonyl (C=O) groups excluding carboxylic acids is 1. The fourth-order valence-electron chi connectivity index (χ4n) is 0.956. The highest BCUT2D eigenvalue weighted by atomic mass is 35.5. The van der Waals surface area contributed by atoms with Crippen molar-refractivity contribution in [1.29, 1.82) is 0 Å². The largest absolute Gasteiger partial charge is 0.506 e. The highest BCUT2D eigenvalue weighted by Gasteiger charge is 2.08. The minimum absolute atomic E-state index is 0.0756. The van der Waals surface area contributed by atoms with Gasteiger partial charge in [-0.1, -0.05) is 16.8 Å². The van der Waals surface area contributed by atoms with Crippen molar-refractivity contribution >= 4 is 23.3 Å². The number of nitrogens with one attached hydrogen (secondary N) is 1. The zero-order valence-electron chi connectivity index (χ0n) is 8.14. The van der Waals surface area contributed by atoms with E-state index in [0.29, 0.717) is 0 Å². The molecular formula is C9H10ClN3O3. The summed E-state index contributed by atoms with van der Waals surface area (Å²) in [6.07, 6.45) is 0. The van der Waals surface area contributed by atoms with Gasteiger partial charge in [0.1, 0.15) is 5.75 Å². The number of amides is 1. The SMILES string of the molecule is N/C(CNC(=O)c1ccc(O)c(Cl)c1)=N\O. The Morgan fingerprint density at radius 1 is 1.56 bits per heavy atom. The highest BCUT2D eigenvalue weighted by Crippen LogP contribution is 2.23. The number of hydrogen-bond acceptors (Lipinski definition) is 4.